The van der Waals surface area contributed by atoms with Crippen LogP contribution in [0.15, 0.2) is 0 Å². The van der Waals surface area contributed by atoms with Crippen LogP contribution < -0.4 is 0 Å². The third kappa shape index (κ3) is 1.55. The molecule has 0 aromatic carbocycles. The summed E-state index contributed by atoms with van der Waals surface area (Å²) in [6.45, 7) is 6.50. The van der Waals surface area contributed by atoms with Gasteiger partial charge < -0.3 is 9.47 Å². The molecule has 7 atom stereocenters. The van der Waals surface area contributed by atoms with Crippen molar-refractivity contribution in [3.8, 4) is 0 Å². The molecule has 2 heterocycles. The van der Waals surface area contributed by atoms with Crippen LogP contribution in [-0.2, 0) is 23.9 Å². The van der Waals surface area contributed by atoms with Gasteiger partial charge in [0.2, 0.25) is 0 Å². The summed E-state index contributed by atoms with van der Waals surface area (Å²) < 4.78 is 11.6. The van der Waals surface area contributed by atoms with E-state index in [9.17, 15) is 14.4 Å². The molecule has 136 valence electrons. The molecule has 0 aromatic rings. The number of fused-ring (bicyclic) bond motifs is 1. The van der Waals surface area contributed by atoms with Crippen molar-refractivity contribution in [2.75, 3.05) is 6.61 Å². The lowest BCUT2D eigenvalue weighted by molar-refractivity contribution is -0.231. The molecule has 5 rings (SSSR count). The molecule has 3 aliphatic carbocycles. The Morgan fingerprint density at radius 2 is 1.84 bits per heavy atom. The summed E-state index contributed by atoms with van der Waals surface area (Å²) in [6, 6.07) is 0. The van der Waals surface area contributed by atoms with Gasteiger partial charge in [-0.25, -0.2) is 0 Å². The Bertz CT molecular complexity index is 696. The van der Waals surface area contributed by atoms with E-state index in [-0.39, 0.29) is 52.9 Å². The van der Waals surface area contributed by atoms with Gasteiger partial charge >= 0.3 is 11.9 Å². The number of hydrogen-bond acceptors (Lipinski definition) is 5. The molecule has 0 aromatic heterocycles. The molecular formula is C20H26O5. The topological polar surface area (TPSA) is 69.7 Å². The van der Waals surface area contributed by atoms with Crippen molar-refractivity contribution < 1.29 is 23.9 Å². The first-order valence-electron chi connectivity index (χ1n) is 9.67. The standard InChI is InChI=1S/C20H26O5/c1-10-11-4-5-12-19(8-11,15(10)21)17(23)25-13-6-7-18(2,3)14-16(22)24-9-20(12,13)14/h10-14H,4-9H2,1-3H3. The molecule has 2 bridgehead atoms. The summed E-state index contributed by atoms with van der Waals surface area (Å²) in [4.78, 5) is 39.0. The van der Waals surface area contributed by atoms with E-state index in [1.807, 2.05) is 6.92 Å². The van der Waals surface area contributed by atoms with E-state index in [2.05, 4.69) is 13.8 Å². The van der Waals surface area contributed by atoms with Crippen LogP contribution in [0.3, 0.4) is 0 Å². The number of rotatable bonds is 0. The molecule has 5 aliphatic rings. The van der Waals surface area contributed by atoms with Gasteiger partial charge in [0.25, 0.3) is 0 Å². The lowest BCUT2D eigenvalue weighted by Gasteiger charge is -2.60. The fraction of sp³-hybridized carbons (Fsp3) is 0.850. The Labute approximate surface area is 147 Å². The Kier molecular flexibility index (Phi) is 2.83. The third-order valence-electron chi connectivity index (χ3n) is 8.50. The van der Waals surface area contributed by atoms with Gasteiger partial charge in [-0.15, -0.1) is 0 Å². The van der Waals surface area contributed by atoms with Gasteiger partial charge in [0.1, 0.15) is 18.1 Å². The van der Waals surface area contributed by atoms with E-state index in [1.165, 1.54) is 0 Å². The van der Waals surface area contributed by atoms with Crippen LogP contribution in [0.25, 0.3) is 0 Å². The predicted molar refractivity (Wildman–Crippen MR) is 87.2 cm³/mol. The smallest absolute Gasteiger partial charge is 0.320 e. The molecule has 2 spiro atoms. The molecule has 5 fully saturated rings. The molecule has 5 heteroatoms. The first-order valence-corrected chi connectivity index (χ1v) is 9.67. The van der Waals surface area contributed by atoms with Gasteiger partial charge in [-0.1, -0.05) is 20.8 Å². The van der Waals surface area contributed by atoms with Gasteiger partial charge in [0.15, 0.2) is 5.78 Å². The molecule has 3 saturated carbocycles. The Morgan fingerprint density at radius 3 is 2.60 bits per heavy atom. The van der Waals surface area contributed by atoms with Crippen molar-refractivity contribution in [3.63, 3.8) is 0 Å². The van der Waals surface area contributed by atoms with Gasteiger partial charge in [-0.3, -0.25) is 14.4 Å². The van der Waals surface area contributed by atoms with E-state index < -0.39 is 10.8 Å². The summed E-state index contributed by atoms with van der Waals surface area (Å²) in [6.07, 6.45) is 3.69. The summed E-state index contributed by atoms with van der Waals surface area (Å²) in [7, 11) is 0. The highest BCUT2D eigenvalue weighted by Gasteiger charge is 2.78. The van der Waals surface area contributed by atoms with Gasteiger partial charge in [-0.05, 0) is 49.4 Å². The molecule has 2 saturated heterocycles. The minimum absolute atomic E-state index is 0.0549. The van der Waals surface area contributed by atoms with Crippen LogP contribution in [0.4, 0.5) is 0 Å². The second-order valence-electron chi connectivity index (χ2n) is 9.79. The van der Waals surface area contributed by atoms with E-state index in [0.717, 1.165) is 25.7 Å². The number of ether oxygens (including phenoxy) is 2. The maximum atomic E-state index is 13.2. The summed E-state index contributed by atoms with van der Waals surface area (Å²) >= 11 is 0. The molecule has 5 nitrogen and oxygen atoms in total. The first-order chi connectivity index (χ1) is 11.7. The molecule has 0 radical (unpaired) electrons. The van der Waals surface area contributed by atoms with Crippen LogP contribution in [0.2, 0.25) is 0 Å². The second kappa shape index (κ2) is 4.47. The molecule has 25 heavy (non-hydrogen) atoms. The predicted octanol–water partition coefficient (Wildman–Crippen LogP) is 2.51. The quantitative estimate of drug-likeness (QED) is 0.498. The number of carbonyl (C=O) groups is 3. The molecule has 2 aliphatic heterocycles. The highest BCUT2D eigenvalue weighted by Crippen LogP contribution is 2.70. The zero-order valence-electron chi connectivity index (χ0n) is 15.2. The zero-order valence-corrected chi connectivity index (χ0v) is 15.2. The fourth-order valence-electron chi connectivity index (χ4n) is 7.41. The molecule has 7 unspecified atom stereocenters. The number of esters is 2. The Hall–Kier alpha value is -1.39. The van der Waals surface area contributed by atoms with E-state index >= 15 is 0 Å². The minimum atomic E-state index is -1.03. The third-order valence-corrected chi connectivity index (χ3v) is 8.50. The number of carbonyl (C=O) groups excluding carboxylic acids is 3. The van der Waals surface area contributed by atoms with Crippen LogP contribution >= 0.6 is 0 Å². The summed E-state index contributed by atoms with van der Waals surface area (Å²) in [5.41, 5.74) is -1.74. The fourth-order valence-corrected chi connectivity index (χ4v) is 7.41. The average molecular weight is 346 g/mol. The first kappa shape index (κ1) is 15.8. The van der Waals surface area contributed by atoms with E-state index in [1.54, 1.807) is 0 Å². The maximum absolute atomic E-state index is 13.2. The second-order valence-corrected chi connectivity index (χ2v) is 9.79. The van der Waals surface area contributed by atoms with Crippen molar-refractivity contribution in [1.29, 1.82) is 0 Å². The van der Waals surface area contributed by atoms with Gasteiger partial charge in [0.05, 0.1) is 11.3 Å². The van der Waals surface area contributed by atoms with Crippen molar-refractivity contribution in [2.45, 2.75) is 59.0 Å². The molecular weight excluding hydrogens is 320 g/mol. The van der Waals surface area contributed by atoms with Crippen molar-refractivity contribution in [2.24, 2.45) is 39.9 Å². The SMILES string of the molecule is CC1C(=O)C23CC1CCC2C12COC(=O)C1C(C)(C)CCC2OC3=O. The molecule has 0 N–H and O–H groups in total. The highest BCUT2D eigenvalue weighted by atomic mass is 16.6. The number of ketones is 1. The highest BCUT2D eigenvalue weighted by molar-refractivity contribution is 6.08. The lowest BCUT2D eigenvalue weighted by atomic mass is 9.44. The molecule has 0 amide bonds. The Morgan fingerprint density at radius 1 is 1.08 bits per heavy atom. The zero-order chi connectivity index (χ0) is 17.8. The summed E-state index contributed by atoms with van der Waals surface area (Å²) in [5.74, 6) is -0.631. The minimum Gasteiger partial charge on any atom is -0.465 e. The van der Waals surface area contributed by atoms with Crippen LogP contribution in [0, 0.1) is 39.9 Å². The van der Waals surface area contributed by atoms with Crippen molar-refractivity contribution >= 4 is 17.7 Å². The monoisotopic (exact) mass is 346 g/mol. The van der Waals surface area contributed by atoms with Crippen LogP contribution in [-0.4, -0.2) is 30.4 Å². The van der Waals surface area contributed by atoms with Crippen molar-refractivity contribution in [1.82, 2.24) is 0 Å². The van der Waals surface area contributed by atoms with Crippen LogP contribution in [0.1, 0.15) is 52.9 Å². The number of cyclic esters (lactones) is 1. The maximum Gasteiger partial charge on any atom is 0.320 e. The Balaban J connectivity index is 1.71. The van der Waals surface area contributed by atoms with Gasteiger partial charge in [-0.2, -0.15) is 0 Å². The number of Topliss-reactive ketones (excluding diaryl/α,β-unsaturated/α-hetero) is 1. The van der Waals surface area contributed by atoms with Crippen LogP contribution in [0.5, 0.6) is 0 Å². The van der Waals surface area contributed by atoms with E-state index in [0.29, 0.717) is 13.0 Å². The number of hydrogen-bond donors (Lipinski definition) is 0. The average Bonchev–Trinajstić information content (AvgIpc) is 3.01. The lowest BCUT2D eigenvalue weighted by Crippen LogP contribution is -2.68. The van der Waals surface area contributed by atoms with Gasteiger partial charge in [0, 0.05) is 5.92 Å². The van der Waals surface area contributed by atoms with E-state index in [4.69, 9.17) is 9.47 Å². The normalized spacial score (nSPS) is 52.8. The van der Waals surface area contributed by atoms with Crippen molar-refractivity contribution in [3.05, 3.63) is 0 Å². The summed E-state index contributed by atoms with van der Waals surface area (Å²) in [5, 5.41) is 0. The largest absolute Gasteiger partial charge is 0.465 e.